The molecule has 0 aromatic carbocycles. The number of hydrogen-bond donors (Lipinski definition) is 1. The molecule has 0 bridgehead atoms. The molecule has 1 N–H and O–H groups in total. The molecule has 0 atom stereocenters. The molecule has 1 fully saturated rings. The van der Waals surface area contributed by atoms with E-state index < -0.39 is 11.9 Å². The van der Waals surface area contributed by atoms with E-state index in [0.29, 0.717) is 39.3 Å². The molecule has 2 amide bonds. The minimum atomic E-state index is -0.515. The number of carbonyl (C=O) groups excluding carboxylic acids is 4. The molecule has 1 heterocycles. The summed E-state index contributed by atoms with van der Waals surface area (Å²) in [5, 5.41) is 3.12. The van der Waals surface area contributed by atoms with E-state index in [9.17, 15) is 19.2 Å². The molecular formula is C14H23N3O6. The highest BCUT2D eigenvalue weighted by molar-refractivity contribution is 5.81. The summed E-state index contributed by atoms with van der Waals surface area (Å²) in [6.07, 6.45) is 0. The molecule has 1 aliphatic rings. The number of nitrogens with one attached hydrogen (secondary N) is 1. The van der Waals surface area contributed by atoms with Crippen LogP contribution in [0.15, 0.2) is 0 Å². The van der Waals surface area contributed by atoms with Crippen molar-refractivity contribution >= 4 is 23.8 Å². The number of ether oxygens (including phenoxy) is 2. The van der Waals surface area contributed by atoms with Crippen molar-refractivity contribution in [1.82, 2.24) is 15.1 Å². The molecule has 1 aliphatic heterocycles. The Labute approximate surface area is 134 Å². The minimum absolute atomic E-state index is 0.309. The molecule has 0 aromatic rings. The van der Waals surface area contributed by atoms with Crippen molar-refractivity contribution < 1.29 is 28.7 Å². The summed E-state index contributed by atoms with van der Waals surface area (Å²) in [7, 11) is 0. The van der Waals surface area contributed by atoms with E-state index in [-0.39, 0.29) is 25.0 Å². The molecule has 23 heavy (non-hydrogen) atoms. The Balaban J connectivity index is 2.56. The Morgan fingerprint density at radius 2 is 1.17 bits per heavy atom. The minimum Gasteiger partial charge on any atom is -0.456 e. The van der Waals surface area contributed by atoms with Gasteiger partial charge in [-0.25, -0.2) is 0 Å². The lowest BCUT2D eigenvalue weighted by Crippen LogP contribution is -2.44. The monoisotopic (exact) mass is 329 g/mol. The highest BCUT2D eigenvalue weighted by Gasteiger charge is 2.20. The van der Waals surface area contributed by atoms with E-state index in [0.717, 1.165) is 0 Å². The topological polar surface area (TPSA) is 105 Å². The summed E-state index contributed by atoms with van der Waals surface area (Å²) >= 11 is 0. The zero-order valence-corrected chi connectivity index (χ0v) is 13.5. The van der Waals surface area contributed by atoms with Crippen LogP contribution >= 0.6 is 0 Å². The number of hydrogen-bond acceptors (Lipinski definition) is 7. The lowest BCUT2D eigenvalue weighted by atomic mass is 10.4. The Bertz CT molecular complexity index is 414. The molecule has 0 saturated carbocycles. The molecule has 9 nitrogen and oxygen atoms in total. The first-order chi connectivity index (χ1) is 10.9. The summed E-state index contributed by atoms with van der Waals surface area (Å²) in [6.45, 7) is 4.61. The van der Waals surface area contributed by atoms with Gasteiger partial charge in [-0.1, -0.05) is 0 Å². The number of amides is 2. The fourth-order valence-corrected chi connectivity index (χ4v) is 2.03. The maximum atomic E-state index is 12.0. The van der Waals surface area contributed by atoms with Gasteiger partial charge in [0.05, 0.1) is 0 Å². The maximum Gasteiger partial charge on any atom is 0.303 e. The van der Waals surface area contributed by atoms with Crippen molar-refractivity contribution in [2.75, 3.05) is 52.5 Å². The van der Waals surface area contributed by atoms with Crippen LogP contribution in [0.5, 0.6) is 0 Å². The van der Waals surface area contributed by atoms with Gasteiger partial charge < -0.3 is 24.6 Å². The van der Waals surface area contributed by atoms with E-state index >= 15 is 0 Å². The van der Waals surface area contributed by atoms with E-state index in [1.807, 2.05) is 0 Å². The lowest BCUT2D eigenvalue weighted by Gasteiger charge is -2.25. The second-order valence-corrected chi connectivity index (χ2v) is 5.07. The first-order valence-electron chi connectivity index (χ1n) is 7.43. The predicted molar refractivity (Wildman–Crippen MR) is 79.3 cm³/mol. The van der Waals surface area contributed by atoms with Crippen molar-refractivity contribution in [2.24, 2.45) is 0 Å². The van der Waals surface area contributed by atoms with Crippen molar-refractivity contribution in [1.29, 1.82) is 0 Å². The van der Waals surface area contributed by atoms with Gasteiger partial charge in [0.15, 0.2) is 13.2 Å². The van der Waals surface area contributed by atoms with Crippen molar-refractivity contribution in [3.63, 3.8) is 0 Å². The second kappa shape index (κ2) is 9.78. The standard InChI is InChI=1S/C14H23N3O6/c1-11(18)22-9-13(20)16-5-3-15-4-6-17(8-7-16)14(21)10-23-12(2)19/h15H,3-10H2,1-2H3. The van der Waals surface area contributed by atoms with Crippen molar-refractivity contribution in [3.8, 4) is 0 Å². The van der Waals surface area contributed by atoms with E-state index in [1.54, 1.807) is 0 Å². The van der Waals surface area contributed by atoms with Crippen molar-refractivity contribution in [2.45, 2.75) is 13.8 Å². The Morgan fingerprint density at radius 3 is 1.52 bits per heavy atom. The summed E-state index contributed by atoms with van der Waals surface area (Å²) in [4.78, 5) is 48.7. The van der Waals surface area contributed by atoms with Crippen LogP contribution in [0.25, 0.3) is 0 Å². The number of nitrogens with zero attached hydrogens (tertiary/aromatic N) is 2. The SMILES string of the molecule is CC(=O)OCC(=O)N1CCNCCN(C(=O)COC(C)=O)CC1. The third-order valence-corrected chi connectivity index (χ3v) is 3.26. The lowest BCUT2D eigenvalue weighted by molar-refractivity contribution is -0.151. The molecule has 0 spiro atoms. The smallest absolute Gasteiger partial charge is 0.303 e. The largest absolute Gasteiger partial charge is 0.456 e. The highest BCUT2D eigenvalue weighted by atomic mass is 16.5. The maximum absolute atomic E-state index is 12.0. The molecule has 1 rings (SSSR count). The van der Waals surface area contributed by atoms with E-state index in [1.165, 1.54) is 23.6 Å². The third-order valence-electron chi connectivity index (χ3n) is 3.26. The summed E-state index contributed by atoms with van der Waals surface area (Å²) in [5.41, 5.74) is 0. The summed E-state index contributed by atoms with van der Waals surface area (Å²) in [5.74, 6) is -1.65. The first-order valence-corrected chi connectivity index (χ1v) is 7.43. The van der Waals surface area contributed by atoms with Gasteiger partial charge in [0.1, 0.15) is 0 Å². The molecule has 130 valence electrons. The molecule has 0 radical (unpaired) electrons. The van der Waals surface area contributed by atoms with E-state index in [2.05, 4.69) is 5.32 Å². The van der Waals surface area contributed by atoms with Crippen LogP contribution in [-0.2, 0) is 28.7 Å². The fraction of sp³-hybridized carbons (Fsp3) is 0.714. The molecule has 0 aliphatic carbocycles. The van der Waals surface area contributed by atoms with Crippen LogP contribution in [0.1, 0.15) is 13.8 Å². The van der Waals surface area contributed by atoms with Crippen molar-refractivity contribution in [3.05, 3.63) is 0 Å². The Morgan fingerprint density at radius 1 is 0.783 bits per heavy atom. The van der Waals surface area contributed by atoms with E-state index in [4.69, 9.17) is 9.47 Å². The second-order valence-electron chi connectivity index (χ2n) is 5.07. The molecular weight excluding hydrogens is 306 g/mol. The predicted octanol–water partition coefficient (Wildman–Crippen LogP) is -1.63. The molecule has 0 unspecified atom stereocenters. The zero-order valence-electron chi connectivity index (χ0n) is 13.5. The fourth-order valence-electron chi connectivity index (χ4n) is 2.03. The zero-order chi connectivity index (χ0) is 17.2. The van der Waals surface area contributed by atoms with Crippen LogP contribution < -0.4 is 5.32 Å². The van der Waals surface area contributed by atoms with Gasteiger partial charge in [0.2, 0.25) is 0 Å². The number of esters is 2. The summed E-state index contributed by atoms with van der Waals surface area (Å²) in [6, 6.07) is 0. The highest BCUT2D eigenvalue weighted by Crippen LogP contribution is 1.98. The van der Waals surface area contributed by atoms with Crippen LogP contribution in [0.2, 0.25) is 0 Å². The molecule has 1 saturated heterocycles. The van der Waals surface area contributed by atoms with Gasteiger partial charge in [-0.3, -0.25) is 19.2 Å². The average Bonchev–Trinajstić information content (AvgIpc) is 2.62. The van der Waals surface area contributed by atoms with Gasteiger partial charge >= 0.3 is 11.9 Å². The first kappa shape index (κ1) is 18.9. The van der Waals surface area contributed by atoms with Gasteiger partial charge in [-0.05, 0) is 0 Å². The molecule has 9 heteroatoms. The van der Waals surface area contributed by atoms with Gasteiger partial charge in [-0.2, -0.15) is 0 Å². The quantitative estimate of drug-likeness (QED) is 0.618. The van der Waals surface area contributed by atoms with Gasteiger partial charge in [0, 0.05) is 53.1 Å². The summed E-state index contributed by atoms with van der Waals surface area (Å²) < 4.78 is 9.42. The Hall–Kier alpha value is -2.16. The average molecular weight is 329 g/mol. The van der Waals surface area contributed by atoms with Crippen LogP contribution in [0.3, 0.4) is 0 Å². The third kappa shape index (κ3) is 7.59. The number of carbonyl (C=O) groups is 4. The molecule has 0 aromatic heterocycles. The normalized spacial score (nSPS) is 15.9. The number of rotatable bonds is 4. The van der Waals surface area contributed by atoms with Crippen LogP contribution in [-0.4, -0.2) is 86.0 Å². The van der Waals surface area contributed by atoms with Gasteiger partial charge in [-0.15, -0.1) is 0 Å². The van der Waals surface area contributed by atoms with Crippen LogP contribution in [0.4, 0.5) is 0 Å². The van der Waals surface area contributed by atoms with Crippen LogP contribution in [0, 0.1) is 0 Å². The van der Waals surface area contributed by atoms with Gasteiger partial charge in [0.25, 0.3) is 11.8 Å². The Kier molecular flexibility index (Phi) is 8.03.